The molecular formula is C19H15ClFN5O2. The number of H-pyrrole nitrogens is 1. The van der Waals surface area contributed by atoms with Crippen LogP contribution in [-0.2, 0) is 6.54 Å². The summed E-state index contributed by atoms with van der Waals surface area (Å²) in [7, 11) is 1.57. The Morgan fingerprint density at radius 3 is 2.75 bits per heavy atom. The van der Waals surface area contributed by atoms with Crippen molar-refractivity contribution < 1.29 is 9.13 Å². The Kier molecular flexibility index (Phi) is 4.70. The second-order valence-electron chi connectivity index (χ2n) is 6.01. The Bertz CT molecular complexity index is 1200. The molecule has 142 valence electrons. The predicted molar refractivity (Wildman–Crippen MR) is 104 cm³/mol. The van der Waals surface area contributed by atoms with Crippen LogP contribution in [0, 0.1) is 5.82 Å². The van der Waals surface area contributed by atoms with Gasteiger partial charge < -0.3 is 15.0 Å². The standard InChI is InChI=1S/C19H15ClFN5O2/c1-28-16-7-4-12(20)8-15(16)22-10-14-9-17(27)26-19(23-14)24-18(25-26)11-2-5-13(21)6-3-11/h2-9,22H,10H2,1H3,(H,23,24,25). The fraction of sp³-hybridized carbons (Fsp3) is 0.105. The van der Waals surface area contributed by atoms with Crippen molar-refractivity contribution in [1.29, 1.82) is 0 Å². The van der Waals surface area contributed by atoms with Gasteiger partial charge >= 0.3 is 0 Å². The van der Waals surface area contributed by atoms with E-state index in [1.54, 1.807) is 37.4 Å². The second kappa shape index (κ2) is 7.32. The zero-order valence-corrected chi connectivity index (χ0v) is 15.5. The highest BCUT2D eigenvalue weighted by atomic mass is 35.5. The molecule has 2 aromatic carbocycles. The SMILES string of the molecule is COc1ccc(Cl)cc1NCc1cc(=O)n2nc(-c3ccc(F)cc3)nc2[nH]1. The van der Waals surface area contributed by atoms with E-state index in [1.807, 2.05) is 0 Å². The summed E-state index contributed by atoms with van der Waals surface area (Å²) in [4.78, 5) is 19.8. The van der Waals surface area contributed by atoms with Gasteiger partial charge in [-0.1, -0.05) is 11.6 Å². The summed E-state index contributed by atoms with van der Waals surface area (Å²) in [5.74, 6) is 0.902. The van der Waals surface area contributed by atoms with Crippen LogP contribution in [-0.4, -0.2) is 26.7 Å². The molecular weight excluding hydrogens is 385 g/mol. The molecule has 0 atom stereocenters. The van der Waals surface area contributed by atoms with E-state index in [9.17, 15) is 9.18 Å². The molecule has 0 saturated heterocycles. The smallest absolute Gasteiger partial charge is 0.275 e. The zero-order chi connectivity index (χ0) is 19.7. The van der Waals surface area contributed by atoms with Crippen molar-refractivity contribution in [2.45, 2.75) is 6.54 Å². The van der Waals surface area contributed by atoms with E-state index in [0.29, 0.717) is 45.9 Å². The van der Waals surface area contributed by atoms with Gasteiger partial charge in [-0.15, -0.1) is 5.10 Å². The lowest BCUT2D eigenvalue weighted by Gasteiger charge is -2.11. The van der Waals surface area contributed by atoms with Crippen LogP contribution in [0.2, 0.25) is 5.02 Å². The molecule has 0 bridgehead atoms. The molecule has 2 heterocycles. The van der Waals surface area contributed by atoms with E-state index in [0.717, 1.165) is 0 Å². The molecule has 0 spiro atoms. The summed E-state index contributed by atoms with van der Waals surface area (Å²) in [6.07, 6.45) is 0. The molecule has 7 nitrogen and oxygen atoms in total. The van der Waals surface area contributed by atoms with Crippen LogP contribution >= 0.6 is 11.6 Å². The number of fused-ring (bicyclic) bond motifs is 1. The first kappa shape index (κ1) is 18.0. The van der Waals surface area contributed by atoms with Gasteiger partial charge in [0.1, 0.15) is 11.6 Å². The number of hydrogen-bond acceptors (Lipinski definition) is 5. The lowest BCUT2D eigenvalue weighted by Crippen LogP contribution is -2.17. The fourth-order valence-corrected chi connectivity index (χ4v) is 2.93. The van der Waals surface area contributed by atoms with Gasteiger partial charge in [0.25, 0.3) is 5.56 Å². The molecule has 0 unspecified atom stereocenters. The largest absolute Gasteiger partial charge is 0.495 e. The number of nitrogens with zero attached hydrogens (tertiary/aromatic N) is 3. The van der Waals surface area contributed by atoms with Crippen molar-refractivity contribution in [3.05, 3.63) is 75.4 Å². The number of aromatic amines is 1. The van der Waals surface area contributed by atoms with E-state index in [4.69, 9.17) is 16.3 Å². The van der Waals surface area contributed by atoms with Crippen molar-refractivity contribution in [1.82, 2.24) is 19.6 Å². The quantitative estimate of drug-likeness (QED) is 0.536. The molecule has 0 amide bonds. The molecule has 9 heteroatoms. The van der Waals surface area contributed by atoms with Crippen molar-refractivity contribution in [3.63, 3.8) is 0 Å². The maximum absolute atomic E-state index is 13.1. The number of hydrogen-bond donors (Lipinski definition) is 2. The number of benzene rings is 2. The van der Waals surface area contributed by atoms with Gasteiger partial charge in [0, 0.05) is 22.3 Å². The monoisotopic (exact) mass is 399 g/mol. The molecule has 28 heavy (non-hydrogen) atoms. The number of anilines is 1. The molecule has 2 aromatic heterocycles. The number of nitrogens with one attached hydrogen (secondary N) is 2. The Morgan fingerprint density at radius 2 is 2.00 bits per heavy atom. The topological polar surface area (TPSA) is 84.3 Å². The molecule has 0 radical (unpaired) electrons. The minimum absolute atomic E-state index is 0.293. The molecule has 0 fully saturated rings. The highest BCUT2D eigenvalue weighted by Gasteiger charge is 2.11. The number of aromatic nitrogens is 4. The first-order valence-electron chi connectivity index (χ1n) is 8.36. The molecule has 4 rings (SSSR count). The number of rotatable bonds is 5. The Morgan fingerprint density at radius 1 is 1.21 bits per heavy atom. The molecule has 0 aliphatic heterocycles. The van der Waals surface area contributed by atoms with E-state index in [2.05, 4.69) is 20.4 Å². The Labute approximate surface area is 163 Å². The number of methoxy groups -OCH3 is 1. The van der Waals surface area contributed by atoms with Crippen LogP contribution in [0.3, 0.4) is 0 Å². The van der Waals surface area contributed by atoms with Crippen molar-refractivity contribution in [2.24, 2.45) is 0 Å². The van der Waals surface area contributed by atoms with E-state index < -0.39 is 0 Å². The third-order valence-corrected chi connectivity index (χ3v) is 4.35. The van der Waals surface area contributed by atoms with Crippen LogP contribution in [0.25, 0.3) is 17.2 Å². The maximum Gasteiger partial charge on any atom is 0.275 e. The summed E-state index contributed by atoms with van der Waals surface area (Å²) in [5.41, 5.74) is 1.59. The molecule has 0 aliphatic carbocycles. The summed E-state index contributed by atoms with van der Waals surface area (Å²) < 4.78 is 19.6. The van der Waals surface area contributed by atoms with Crippen LogP contribution in [0.1, 0.15) is 5.69 Å². The lowest BCUT2D eigenvalue weighted by atomic mass is 10.2. The minimum Gasteiger partial charge on any atom is -0.495 e. The van der Waals surface area contributed by atoms with Crippen LogP contribution in [0.4, 0.5) is 10.1 Å². The Hall–Kier alpha value is -3.39. The molecule has 4 aromatic rings. The van der Waals surface area contributed by atoms with Crippen LogP contribution in [0.15, 0.2) is 53.3 Å². The predicted octanol–water partition coefficient (Wildman–Crippen LogP) is 3.50. The summed E-state index contributed by atoms with van der Waals surface area (Å²) in [5, 5.41) is 7.93. The average molecular weight is 400 g/mol. The van der Waals surface area contributed by atoms with Gasteiger partial charge in [-0.2, -0.15) is 9.50 Å². The van der Waals surface area contributed by atoms with Crippen LogP contribution in [0.5, 0.6) is 5.75 Å². The minimum atomic E-state index is -0.353. The molecule has 0 saturated carbocycles. The van der Waals surface area contributed by atoms with Crippen LogP contribution < -0.4 is 15.6 Å². The first-order chi connectivity index (χ1) is 13.5. The van der Waals surface area contributed by atoms with E-state index in [1.165, 1.54) is 22.7 Å². The normalized spacial score (nSPS) is 11.0. The number of ether oxygens (including phenoxy) is 1. The molecule has 0 aliphatic rings. The summed E-state index contributed by atoms with van der Waals surface area (Å²) >= 11 is 6.03. The maximum atomic E-state index is 13.1. The number of halogens is 2. The third kappa shape index (κ3) is 3.54. The van der Waals surface area contributed by atoms with Gasteiger partial charge in [-0.05, 0) is 42.5 Å². The van der Waals surface area contributed by atoms with Gasteiger partial charge in [0.2, 0.25) is 5.78 Å². The van der Waals surface area contributed by atoms with Gasteiger partial charge in [-0.3, -0.25) is 4.79 Å². The lowest BCUT2D eigenvalue weighted by molar-refractivity contribution is 0.416. The van der Waals surface area contributed by atoms with Gasteiger partial charge in [-0.25, -0.2) is 4.39 Å². The first-order valence-corrected chi connectivity index (χ1v) is 8.73. The van der Waals surface area contributed by atoms with Crippen molar-refractivity contribution >= 4 is 23.1 Å². The average Bonchev–Trinajstić information content (AvgIpc) is 3.12. The fourth-order valence-electron chi connectivity index (χ4n) is 2.76. The van der Waals surface area contributed by atoms with E-state index >= 15 is 0 Å². The molecule has 2 N–H and O–H groups in total. The summed E-state index contributed by atoms with van der Waals surface area (Å²) in [6, 6.07) is 12.4. The van der Waals surface area contributed by atoms with Crippen molar-refractivity contribution in [3.8, 4) is 17.1 Å². The summed E-state index contributed by atoms with van der Waals surface area (Å²) in [6.45, 7) is 0.321. The third-order valence-electron chi connectivity index (χ3n) is 4.12. The Balaban J connectivity index is 1.63. The highest BCUT2D eigenvalue weighted by Crippen LogP contribution is 2.28. The zero-order valence-electron chi connectivity index (χ0n) is 14.7. The van der Waals surface area contributed by atoms with Gasteiger partial charge in [0.15, 0.2) is 5.82 Å². The van der Waals surface area contributed by atoms with Crippen molar-refractivity contribution in [2.75, 3.05) is 12.4 Å². The van der Waals surface area contributed by atoms with Gasteiger partial charge in [0.05, 0.1) is 19.3 Å². The highest BCUT2D eigenvalue weighted by molar-refractivity contribution is 6.30. The second-order valence-corrected chi connectivity index (χ2v) is 6.45. The van der Waals surface area contributed by atoms with E-state index in [-0.39, 0.29) is 11.4 Å².